The van der Waals surface area contributed by atoms with E-state index in [1.807, 2.05) is 0 Å². The van der Waals surface area contributed by atoms with Gasteiger partial charge in [-0.1, -0.05) is 12.1 Å². The molecule has 2 nitrogen and oxygen atoms in total. The second kappa shape index (κ2) is 3.35. The van der Waals surface area contributed by atoms with Crippen molar-refractivity contribution in [3.63, 3.8) is 0 Å². The van der Waals surface area contributed by atoms with E-state index in [9.17, 15) is 4.39 Å². The molecule has 72 valence electrons. The van der Waals surface area contributed by atoms with Crippen LogP contribution in [0.5, 0.6) is 0 Å². The van der Waals surface area contributed by atoms with Gasteiger partial charge in [0.15, 0.2) is 5.13 Å². The highest BCUT2D eigenvalue weighted by Gasteiger charge is 2.18. The maximum Gasteiger partial charge on any atom is 0.489 e. The van der Waals surface area contributed by atoms with Crippen LogP contribution in [0.25, 0.3) is 10.1 Å². The van der Waals surface area contributed by atoms with Crippen molar-refractivity contribution < 1.29 is 14.4 Å². The number of halogens is 1. The third-order valence-corrected chi connectivity index (χ3v) is 3.25. The lowest BCUT2D eigenvalue weighted by molar-refractivity contribution is 0.426. The Labute approximate surface area is 84.8 Å². The lowest BCUT2D eigenvalue weighted by atomic mass is 9.77. The van der Waals surface area contributed by atoms with Crippen molar-refractivity contribution in [1.82, 2.24) is 0 Å². The summed E-state index contributed by atoms with van der Waals surface area (Å²) in [6.45, 7) is 1.64. The van der Waals surface area contributed by atoms with Gasteiger partial charge in [-0.25, -0.2) is 0 Å². The smallest absolute Gasteiger partial charge is 0.423 e. The summed E-state index contributed by atoms with van der Waals surface area (Å²) in [4.78, 5) is 0. The Morgan fingerprint density at radius 1 is 1.36 bits per heavy atom. The lowest BCUT2D eigenvalue weighted by Crippen LogP contribution is -2.30. The lowest BCUT2D eigenvalue weighted by Gasteiger charge is -2.01. The van der Waals surface area contributed by atoms with Crippen LogP contribution in [0.4, 0.5) is 4.39 Å². The van der Waals surface area contributed by atoms with E-state index in [-0.39, 0.29) is 5.13 Å². The van der Waals surface area contributed by atoms with Crippen molar-refractivity contribution in [3.8, 4) is 0 Å². The molecule has 0 atom stereocenters. The van der Waals surface area contributed by atoms with E-state index in [0.29, 0.717) is 16.4 Å². The first-order valence-electron chi connectivity index (χ1n) is 4.15. The Morgan fingerprint density at radius 3 is 2.71 bits per heavy atom. The van der Waals surface area contributed by atoms with Crippen molar-refractivity contribution >= 4 is 34.0 Å². The summed E-state index contributed by atoms with van der Waals surface area (Å²) in [6, 6.07) is 5.04. The third-order valence-electron chi connectivity index (χ3n) is 2.21. The molecule has 0 aliphatic rings. The molecule has 0 saturated carbocycles. The monoisotopic (exact) mass is 210 g/mol. The first kappa shape index (κ1) is 9.64. The normalized spacial score (nSPS) is 10.9. The fraction of sp³-hybridized carbons (Fsp3) is 0.111. The van der Waals surface area contributed by atoms with Gasteiger partial charge in [0.05, 0.1) is 0 Å². The molecule has 0 spiro atoms. The minimum Gasteiger partial charge on any atom is -0.423 e. The molecule has 0 radical (unpaired) electrons. The summed E-state index contributed by atoms with van der Waals surface area (Å²) < 4.78 is 14.0. The number of hydrogen-bond acceptors (Lipinski definition) is 3. The van der Waals surface area contributed by atoms with Gasteiger partial charge in [0.1, 0.15) is 0 Å². The molecule has 0 aliphatic carbocycles. The van der Waals surface area contributed by atoms with Gasteiger partial charge < -0.3 is 10.0 Å². The first-order chi connectivity index (χ1) is 6.61. The highest BCUT2D eigenvalue weighted by Crippen LogP contribution is 2.27. The van der Waals surface area contributed by atoms with Gasteiger partial charge in [0.25, 0.3) is 0 Å². The molecule has 5 heteroatoms. The molecule has 14 heavy (non-hydrogen) atoms. The fourth-order valence-corrected chi connectivity index (χ4v) is 2.49. The van der Waals surface area contributed by atoms with Crippen molar-refractivity contribution in [2.24, 2.45) is 0 Å². The van der Waals surface area contributed by atoms with E-state index < -0.39 is 7.12 Å². The Morgan fingerprint density at radius 2 is 2.07 bits per heavy atom. The van der Waals surface area contributed by atoms with Crippen LogP contribution in [0, 0.1) is 12.1 Å². The quantitative estimate of drug-likeness (QED) is 0.690. The molecule has 0 amide bonds. The maximum atomic E-state index is 13.2. The molecule has 0 aliphatic heterocycles. The topological polar surface area (TPSA) is 40.5 Å². The molecule has 2 rings (SSSR count). The van der Waals surface area contributed by atoms with E-state index >= 15 is 0 Å². The van der Waals surface area contributed by atoms with Gasteiger partial charge in [0, 0.05) is 10.3 Å². The Hall–Kier alpha value is -0.905. The summed E-state index contributed by atoms with van der Waals surface area (Å²) in [5.74, 6) is 0. The summed E-state index contributed by atoms with van der Waals surface area (Å²) in [7, 11) is -1.55. The van der Waals surface area contributed by atoms with Gasteiger partial charge in [-0.05, 0) is 23.8 Å². The highest BCUT2D eigenvalue weighted by atomic mass is 32.1. The maximum absolute atomic E-state index is 13.2. The number of thiophene rings is 1. The molecule has 1 heterocycles. The van der Waals surface area contributed by atoms with Crippen molar-refractivity contribution in [2.45, 2.75) is 6.92 Å². The van der Waals surface area contributed by atoms with Crippen LogP contribution in [-0.4, -0.2) is 17.2 Å². The molecule has 2 N–H and O–H groups in total. The van der Waals surface area contributed by atoms with Crippen molar-refractivity contribution in [2.75, 3.05) is 0 Å². The van der Waals surface area contributed by atoms with Crippen LogP contribution >= 0.6 is 11.3 Å². The van der Waals surface area contributed by atoms with E-state index in [1.54, 1.807) is 25.1 Å². The summed E-state index contributed by atoms with van der Waals surface area (Å²) >= 11 is 1.02. The molecule has 0 saturated heterocycles. The SMILES string of the molecule is Cc1c(F)sc2cccc(B(O)O)c12. The van der Waals surface area contributed by atoms with Crippen molar-refractivity contribution in [3.05, 3.63) is 28.9 Å². The summed E-state index contributed by atoms with van der Waals surface area (Å²) in [5, 5.41) is 18.5. The summed E-state index contributed by atoms with van der Waals surface area (Å²) in [5.41, 5.74) is 0.842. The van der Waals surface area contributed by atoms with Crippen LogP contribution in [0.3, 0.4) is 0 Å². The largest absolute Gasteiger partial charge is 0.489 e. The minimum atomic E-state index is -1.55. The Kier molecular flexibility index (Phi) is 2.30. The predicted octanol–water partition coefficient (Wildman–Crippen LogP) is 1.03. The molecule has 2 aromatic rings. The summed E-state index contributed by atoms with van der Waals surface area (Å²) in [6.07, 6.45) is 0. The fourth-order valence-electron chi connectivity index (χ4n) is 1.52. The predicted molar refractivity (Wildman–Crippen MR) is 56.3 cm³/mol. The zero-order chi connectivity index (χ0) is 10.3. The third kappa shape index (κ3) is 1.34. The molecule has 1 aromatic heterocycles. The average Bonchev–Trinajstić information content (AvgIpc) is 2.43. The molecular weight excluding hydrogens is 202 g/mol. The standard InChI is InChI=1S/C9H8BFO2S/c1-5-8-6(10(12)13)3-2-4-7(8)14-9(5)11/h2-4,12-13H,1H3. The van der Waals surface area contributed by atoms with Gasteiger partial charge in [-0.15, -0.1) is 11.3 Å². The van der Waals surface area contributed by atoms with Crippen LogP contribution in [-0.2, 0) is 0 Å². The van der Waals surface area contributed by atoms with Gasteiger partial charge in [-0.3, -0.25) is 0 Å². The van der Waals surface area contributed by atoms with Crippen LogP contribution in [0.1, 0.15) is 5.56 Å². The van der Waals surface area contributed by atoms with Crippen LogP contribution in [0.2, 0.25) is 0 Å². The zero-order valence-corrected chi connectivity index (χ0v) is 8.31. The minimum absolute atomic E-state index is 0.270. The second-order valence-electron chi connectivity index (χ2n) is 3.09. The molecule has 0 bridgehead atoms. The Bertz CT molecular complexity index is 481. The van der Waals surface area contributed by atoms with E-state index in [1.165, 1.54) is 0 Å². The molecular formula is C9H8BFO2S. The van der Waals surface area contributed by atoms with E-state index in [0.717, 1.165) is 16.0 Å². The number of fused-ring (bicyclic) bond motifs is 1. The highest BCUT2D eigenvalue weighted by molar-refractivity contribution is 7.18. The number of hydrogen-bond donors (Lipinski definition) is 2. The van der Waals surface area contributed by atoms with E-state index in [4.69, 9.17) is 10.0 Å². The van der Waals surface area contributed by atoms with Crippen LogP contribution in [0.15, 0.2) is 18.2 Å². The van der Waals surface area contributed by atoms with Crippen molar-refractivity contribution in [1.29, 1.82) is 0 Å². The number of rotatable bonds is 1. The molecule has 0 fully saturated rings. The molecule has 0 unspecified atom stereocenters. The second-order valence-corrected chi connectivity index (χ2v) is 4.10. The first-order valence-corrected chi connectivity index (χ1v) is 4.96. The number of aryl methyl sites for hydroxylation is 1. The van der Waals surface area contributed by atoms with Gasteiger partial charge in [-0.2, -0.15) is 4.39 Å². The van der Waals surface area contributed by atoms with E-state index in [2.05, 4.69) is 0 Å². The zero-order valence-electron chi connectivity index (χ0n) is 7.49. The average molecular weight is 210 g/mol. The number of benzene rings is 1. The van der Waals surface area contributed by atoms with Crippen LogP contribution < -0.4 is 5.46 Å². The molecule has 1 aromatic carbocycles. The van der Waals surface area contributed by atoms with Gasteiger partial charge in [0.2, 0.25) is 0 Å². The van der Waals surface area contributed by atoms with Gasteiger partial charge >= 0.3 is 7.12 Å². The Balaban J connectivity index is 2.84.